The summed E-state index contributed by atoms with van der Waals surface area (Å²) in [5.41, 5.74) is 2.70. The molecular weight excluding hydrogens is 268 g/mol. The second-order valence-electron chi connectivity index (χ2n) is 4.32. The van der Waals surface area contributed by atoms with Gasteiger partial charge in [-0.3, -0.25) is 10.1 Å². The van der Waals surface area contributed by atoms with E-state index >= 15 is 0 Å². The van der Waals surface area contributed by atoms with Gasteiger partial charge >= 0.3 is 0 Å². The molecule has 2 aromatic carbocycles. The third kappa shape index (κ3) is 3.90. The van der Waals surface area contributed by atoms with E-state index in [1.54, 1.807) is 12.1 Å². The quantitative estimate of drug-likeness (QED) is 0.849. The van der Waals surface area contributed by atoms with E-state index in [0.717, 1.165) is 12.1 Å². The molecule has 102 valence electrons. The fraction of sp³-hybridized carbons (Fsp3) is 0.125. The van der Waals surface area contributed by atoms with Crippen molar-refractivity contribution < 1.29 is 4.79 Å². The van der Waals surface area contributed by atoms with Crippen LogP contribution in [0, 0.1) is 0 Å². The van der Waals surface area contributed by atoms with Gasteiger partial charge < -0.3 is 5.32 Å². The fourth-order valence-corrected chi connectivity index (χ4v) is 1.96. The fourth-order valence-electron chi connectivity index (χ4n) is 1.75. The molecule has 0 bridgehead atoms. The molecule has 0 atom stereocenters. The van der Waals surface area contributed by atoms with Crippen LogP contribution in [0.4, 0.5) is 5.69 Å². The van der Waals surface area contributed by atoms with Crippen molar-refractivity contribution in [2.75, 3.05) is 5.32 Å². The molecular formula is C16H16N2OS. The van der Waals surface area contributed by atoms with Crippen molar-refractivity contribution in [2.45, 2.75) is 13.3 Å². The Morgan fingerprint density at radius 3 is 2.30 bits per heavy atom. The third-order valence-corrected chi connectivity index (χ3v) is 3.09. The average Bonchev–Trinajstić information content (AvgIpc) is 2.49. The number of carbonyl (C=O) groups excluding carboxylic acids is 1. The molecule has 0 aliphatic carbocycles. The Morgan fingerprint density at radius 2 is 1.70 bits per heavy atom. The van der Waals surface area contributed by atoms with Gasteiger partial charge in [0.05, 0.1) is 0 Å². The SMILES string of the molecule is CCc1ccc(NC(=S)NC(=O)c2ccccc2)cc1. The highest BCUT2D eigenvalue weighted by molar-refractivity contribution is 7.80. The van der Waals surface area contributed by atoms with Gasteiger partial charge in [0.1, 0.15) is 0 Å². The van der Waals surface area contributed by atoms with Crippen molar-refractivity contribution >= 4 is 28.9 Å². The van der Waals surface area contributed by atoms with Crippen LogP contribution in [0.15, 0.2) is 54.6 Å². The van der Waals surface area contributed by atoms with Gasteiger partial charge in [0.15, 0.2) is 5.11 Å². The number of hydrogen-bond donors (Lipinski definition) is 2. The molecule has 0 radical (unpaired) electrons. The number of amides is 1. The zero-order chi connectivity index (χ0) is 14.4. The molecule has 2 aromatic rings. The standard InChI is InChI=1S/C16H16N2OS/c1-2-12-8-10-14(11-9-12)17-16(20)18-15(19)13-6-4-3-5-7-13/h3-11H,2H2,1H3,(H2,17,18,19,20). The van der Waals surface area contributed by atoms with E-state index in [1.807, 2.05) is 42.5 Å². The zero-order valence-electron chi connectivity index (χ0n) is 11.2. The second kappa shape index (κ2) is 6.82. The average molecular weight is 284 g/mol. The first kappa shape index (κ1) is 14.2. The summed E-state index contributed by atoms with van der Waals surface area (Å²) in [6, 6.07) is 16.9. The Kier molecular flexibility index (Phi) is 4.85. The summed E-state index contributed by atoms with van der Waals surface area (Å²) in [5.74, 6) is -0.215. The summed E-state index contributed by atoms with van der Waals surface area (Å²) < 4.78 is 0. The van der Waals surface area contributed by atoms with Crippen LogP contribution >= 0.6 is 12.2 Å². The molecule has 0 aliphatic rings. The van der Waals surface area contributed by atoms with Gasteiger partial charge in [-0.1, -0.05) is 37.3 Å². The zero-order valence-corrected chi connectivity index (χ0v) is 12.0. The van der Waals surface area contributed by atoms with E-state index in [2.05, 4.69) is 17.6 Å². The predicted molar refractivity (Wildman–Crippen MR) is 85.9 cm³/mol. The minimum atomic E-state index is -0.215. The van der Waals surface area contributed by atoms with Gasteiger partial charge in [-0.2, -0.15) is 0 Å². The van der Waals surface area contributed by atoms with Crippen molar-refractivity contribution in [1.82, 2.24) is 5.32 Å². The summed E-state index contributed by atoms with van der Waals surface area (Å²) >= 11 is 5.13. The lowest BCUT2D eigenvalue weighted by atomic mass is 10.1. The van der Waals surface area contributed by atoms with Crippen LogP contribution in [0.3, 0.4) is 0 Å². The number of hydrogen-bond acceptors (Lipinski definition) is 2. The lowest BCUT2D eigenvalue weighted by molar-refractivity contribution is 0.0978. The monoisotopic (exact) mass is 284 g/mol. The van der Waals surface area contributed by atoms with Crippen molar-refractivity contribution in [3.63, 3.8) is 0 Å². The van der Waals surface area contributed by atoms with Gasteiger partial charge in [0.2, 0.25) is 0 Å². The smallest absolute Gasteiger partial charge is 0.257 e. The van der Waals surface area contributed by atoms with Crippen LogP contribution in [0.25, 0.3) is 0 Å². The lowest BCUT2D eigenvalue weighted by Gasteiger charge is -2.10. The Balaban J connectivity index is 1.93. The predicted octanol–water partition coefficient (Wildman–Crippen LogP) is 3.38. The number of nitrogens with one attached hydrogen (secondary N) is 2. The highest BCUT2D eigenvalue weighted by atomic mass is 32.1. The van der Waals surface area contributed by atoms with E-state index in [0.29, 0.717) is 10.7 Å². The normalized spacial score (nSPS) is 9.85. The van der Waals surface area contributed by atoms with Crippen LogP contribution in [0.5, 0.6) is 0 Å². The maximum absolute atomic E-state index is 11.9. The van der Waals surface area contributed by atoms with Gasteiger partial charge in [-0.25, -0.2) is 0 Å². The molecule has 3 nitrogen and oxygen atoms in total. The van der Waals surface area contributed by atoms with Crippen molar-refractivity contribution in [2.24, 2.45) is 0 Å². The lowest BCUT2D eigenvalue weighted by Crippen LogP contribution is -2.34. The summed E-state index contributed by atoms with van der Waals surface area (Å²) in [6.07, 6.45) is 0.996. The number of thiocarbonyl (C=S) groups is 1. The van der Waals surface area contributed by atoms with Crippen LogP contribution in [0.1, 0.15) is 22.8 Å². The molecule has 0 heterocycles. The first-order valence-electron chi connectivity index (χ1n) is 6.45. The molecule has 2 rings (SSSR count). The highest BCUT2D eigenvalue weighted by Gasteiger charge is 2.06. The van der Waals surface area contributed by atoms with Gasteiger partial charge in [0.25, 0.3) is 5.91 Å². The Labute approximate surface area is 124 Å². The summed E-state index contributed by atoms with van der Waals surface area (Å²) in [4.78, 5) is 11.9. The van der Waals surface area contributed by atoms with Crippen LogP contribution in [-0.2, 0) is 6.42 Å². The minimum absolute atomic E-state index is 0.215. The van der Waals surface area contributed by atoms with Crippen LogP contribution < -0.4 is 10.6 Å². The highest BCUT2D eigenvalue weighted by Crippen LogP contribution is 2.09. The van der Waals surface area contributed by atoms with Crippen LogP contribution in [-0.4, -0.2) is 11.0 Å². The molecule has 4 heteroatoms. The van der Waals surface area contributed by atoms with E-state index in [9.17, 15) is 4.79 Å². The molecule has 0 aromatic heterocycles. The molecule has 0 aliphatic heterocycles. The molecule has 0 unspecified atom stereocenters. The topological polar surface area (TPSA) is 41.1 Å². The third-order valence-electron chi connectivity index (χ3n) is 2.88. The van der Waals surface area contributed by atoms with Crippen molar-refractivity contribution in [3.05, 3.63) is 65.7 Å². The van der Waals surface area contributed by atoms with Gasteiger partial charge in [-0.05, 0) is 48.5 Å². The van der Waals surface area contributed by atoms with Gasteiger partial charge in [0, 0.05) is 11.3 Å². The molecule has 0 fully saturated rings. The molecule has 0 saturated heterocycles. The summed E-state index contributed by atoms with van der Waals surface area (Å²) in [6.45, 7) is 2.10. The summed E-state index contributed by atoms with van der Waals surface area (Å²) in [5, 5.41) is 5.94. The van der Waals surface area contributed by atoms with E-state index in [1.165, 1.54) is 5.56 Å². The van der Waals surface area contributed by atoms with E-state index < -0.39 is 0 Å². The molecule has 20 heavy (non-hydrogen) atoms. The molecule has 0 saturated carbocycles. The maximum atomic E-state index is 11.9. The number of carbonyl (C=O) groups is 1. The summed E-state index contributed by atoms with van der Waals surface area (Å²) in [7, 11) is 0. The largest absolute Gasteiger partial charge is 0.332 e. The molecule has 2 N–H and O–H groups in total. The number of rotatable bonds is 3. The Morgan fingerprint density at radius 1 is 1.05 bits per heavy atom. The maximum Gasteiger partial charge on any atom is 0.257 e. The van der Waals surface area contributed by atoms with E-state index in [4.69, 9.17) is 12.2 Å². The van der Waals surface area contributed by atoms with E-state index in [-0.39, 0.29) is 5.91 Å². The second-order valence-corrected chi connectivity index (χ2v) is 4.73. The number of aryl methyl sites for hydroxylation is 1. The number of benzene rings is 2. The first-order valence-corrected chi connectivity index (χ1v) is 6.86. The van der Waals surface area contributed by atoms with Crippen molar-refractivity contribution in [1.29, 1.82) is 0 Å². The van der Waals surface area contributed by atoms with Gasteiger partial charge in [-0.15, -0.1) is 0 Å². The Bertz CT molecular complexity index is 594. The molecule has 0 spiro atoms. The first-order chi connectivity index (χ1) is 9.69. The number of anilines is 1. The molecule has 1 amide bonds. The minimum Gasteiger partial charge on any atom is -0.332 e. The van der Waals surface area contributed by atoms with Crippen LogP contribution in [0.2, 0.25) is 0 Å². The Hall–Kier alpha value is -2.20. The van der Waals surface area contributed by atoms with Crippen molar-refractivity contribution in [3.8, 4) is 0 Å².